The molecule has 2 unspecified atom stereocenters. The smallest absolute Gasteiger partial charge is 0.107 e. The molecule has 74 valence electrons. The van der Waals surface area contributed by atoms with Crippen LogP contribution in [0.1, 0.15) is 31.2 Å². The zero-order chi connectivity index (χ0) is 10.0. The van der Waals surface area contributed by atoms with Crippen molar-refractivity contribution < 1.29 is 5.11 Å². The van der Waals surface area contributed by atoms with Gasteiger partial charge in [0.2, 0.25) is 0 Å². The second-order valence-electron chi connectivity index (χ2n) is 3.10. The summed E-state index contributed by atoms with van der Waals surface area (Å²) in [6, 6.07) is 1.89. The van der Waals surface area contributed by atoms with Crippen LogP contribution < -0.4 is 0 Å². The summed E-state index contributed by atoms with van der Waals surface area (Å²) in [6.45, 7) is 4.10. The third-order valence-electron chi connectivity index (χ3n) is 2.14. The highest BCUT2D eigenvalue weighted by Crippen LogP contribution is 2.37. The van der Waals surface area contributed by atoms with E-state index in [0.717, 1.165) is 15.8 Å². The van der Waals surface area contributed by atoms with Gasteiger partial charge in [-0.05, 0) is 27.9 Å². The molecule has 0 radical (unpaired) electrons. The van der Waals surface area contributed by atoms with E-state index in [9.17, 15) is 5.11 Å². The second-order valence-corrected chi connectivity index (χ2v) is 5.64. The van der Waals surface area contributed by atoms with Crippen molar-refractivity contribution in [1.82, 2.24) is 0 Å². The lowest BCUT2D eigenvalue weighted by Crippen LogP contribution is -2.05. The van der Waals surface area contributed by atoms with Crippen LogP contribution in [0.3, 0.4) is 0 Å². The molecule has 0 aliphatic heterocycles. The number of rotatable bonds is 3. The Morgan fingerprint density at radius 1 is 1.69 bits per heavy atom. The molecule has 1 aromatic rings. The summed E-state index contributed by atoms with van der Waals surface area (Å²) in [4.78, 5) is 0.936. The van der Waals surface area contributed by atoms with E-state index < -0.39 is 6.10 Å². The molecule has 0 aliphatic rings. The molecule has 4 heteroatoms. The monoisotopic (exact) mass is 282 g/mol. The summed E-state index contributed by atoms with van der Waals surface area (Å²) in [5.74, 6) is 0.279. The maximum atomic E-state index is 9.86. The first-order chi connectivity index (χ1) is 6.06. The van der Waals surface area contributed by atoms with Gasteiger partial charge in [0.1, 0.15) is 4.34 Å². The Morgan fingerprint density at radius 2 is 2.31 bits per heavy atom. The van der Waals surface area contributed by atoms with E-state index in [0.29, 0.717) is 4.34 Å². The van der Waals surface area contributed by atoms with Gasteiger partial charge in [-0.1, -0.05) is 31.9 Å². The molecule has 1 N–H and O–H groups in total. The van der Waals surface area contributed by atoms with Crippen molar-refractivity contribution in [3.63, 3.8) is 0 Å². The minimum atomic E-state index is -0.390. The van der Waals surface area contributed by atoms with Gasteiger partial charge in [0.15, 0.2) is 0 Å². The molecule has 0 bridgehead atoms. The van der Waals surface area contributed by atoms with Crippen LogP contribution in [0.5, 0.6) is 0 Å². The highest BCUT2D eigenvalue weighted by Gasteiger charge is 2.18. The van der Waals surface area contributed by atoms with E-state index in [1.165, 1.54) is 11.3 Å². The average Bonchev–Trinajstić information content (AvgIpc) is 2.44. The lowest BCUT2D eigenvalue weighted by molar-refractivity contribution is 0.119. The highest BCUT2D eigenvalue weighted by atomic mass is 79.9. The number of aliphatic hydroxyl groups excluding tert-OH is 1. The first kappa shape index (κ1) is 11.5. The fourth-order valence-corrected chi connectivity index (χ4v) is 2.87. The lowest BCUT2D eigenvalue weighted by atomic mass is 10.0. The first-order valence-electron chi connectivity index (χ1n) is 4.19. The van der Waals surface area contributed by atoms with Gasteiger partial charge >= 0.3 is 0 Å². The molecule has 13 heavy (non-hydrogen) atoms. The Balaban J connectivity index is 2.82. The molecular formula is C9H12BrClOS. The third-order valence-corrected chi connectivity index (χ3v) is 4.68. The molecule has 2 atom stereocenters. The quantitative estimate of drug-likeness (QED) is 0.879. The SMILES string of the molecule is CCC(C)C(O)c1cc(Br)c(Cl)s1. The van der Waals surface area contributed by atoms with Crippen LogP contribution in [0.4, 0.5) is 0 Å². The molecule has 1 heterocycles. The molecule has 1 rings (SSSR count). The summed E-state index contributed by atoms with van der Waals surface area (Å²) < 4.78 is 1.58. The summed E-state index contributed by atoms with van der Waals surface area (Å²) >= 11 is 10.6. The first-order valence-corrected chi connectivity index (χ1v) is 6.17. The van der Waals surface area contributed by atoms with Crippen molar-refractivity contribution in [2.45, 2.75) is 26.4 Å². The minimum Gasteiger partial charge on any atom is -0.387 e. The Morgan fingerprint density at radius 3 is 2.69 bits per heavy atom. The zero-order valence-electron chi connectivity index (χ0n) is 7.55. The maximum Gasteiger partial charge on any atom is 0.107 e. The van der Waals surface area contributed by atoms with Crippen molar-refractivity contribution in [2.24, 2.45) is 5.92 Å². The van der Waals surface area contributed by atoms with Gasteiger partial charge in [0.25, 0.3) is 0 Å². The van der Waals surface area contributed by atoms with Crippen molar-refractivity contribution in [2.75, 3.05) is 0 Å². The van der Waals surface area contributed by atoms with Crippen LogP contribution in [0.25, 0.3) is 0 Å². The number of aliphatic hydroxyl groups is 1. The molecule has 0 saturated carbocycles. The normalized spacial score (nSPS) is 15.8. The molecule has 1 nitrogen and oxygen atoms in total. The fourth-order valence-electron chi connectivity index (χ4n) is 1.01. The molecule has 0 amide bonds. The average molecular weight is 284 g/mol. The molecule has 0 spiro atoms. The van der Waals surface area contributed by atoms with Gasteiger partial charge in [-0.3, -0.25) is 0 Å². The Labute approximate surface area is 95.9 Å². The topological polar surface area (TPSA) is 20.2 Å². The largest absolute Gasteiger partial charge is 0.387 e. The standard InChI is InChI=1S/C9H12BrClOS/c1-3-5(2)8(12)7-4-6(10)9(11)13-7/h4-5,8,12H,3H2,1-2H3. The van der Waals surface area contributed by atoms with Gasteiger partial charge < -0.3 is 5.11 Å². The lowest BCUT2D eigenvalue weighted by Gasteiger charge is -2.14. The fraction of sp³-hybridized carbons (Fsp3) is 0.556. The van der Waals surface area contributed by atoms with Crippen LogP contribution in [0.15, 0.2) is 10.5 Å². The Bertz CT molecular complexity index is 268. The molecule has 1 aromatic heterocycles. The Kier molecular flexibility index (Phi) is 4.23. The summed E-state index contributed by atoms with van der Waals surface area (Å²) in [5.41, 5.74) is 0. The predicted octanol–water partition coefficient (Wildman–Crippen LogP) is 4.24. The van der Waals surface area contributed by atoms with Gasteiger partial charge in [0, 0.05) is 9.35 Å². The van der Waals surface area contributed by atoms with Gasteiger partial charge in [-0.25, -0.2) is 0 Å². The molecule has 0 aliphatic carbocycles. The summed E-state index contributed by atoms with van der Waals surface area (Å²) in [7, 11) is 0. The van der Waals surface area contributed by atoms with Crippen molar-refractivity contribution in [3.8, 4) is 0 Å². The van der Waals surface area contributed by atoms with E-state index in [2.05, 4.69) is 22.9 Å². The number of halogens is 2. The molecule has 0 saturated heterocycles. The molecule has 0 fully saturated rings. The van der Waals surface area contributed by atoms with E-state index in [1.54, 1.807) is 0 Å². The van der Waals surface area contributed by atoms with Gasteiger partial charge in [0.05, 0.1) is 6.10 Å². The summed E-state index contributed by atoms with van der Waals surface area (Å²) in [5, 5.41) is 9.86. The number of thiophene rings is 1. The van der Waals surface area contributed by atoms with Crippen LogP contribution in [0.2, 0.25) is 4.34 Å². The molecular weight excluding hydrogens is 272 g/mol. The minimum absolute atomic E-state index is 0.279. The van der Waals surface area contributed by atoms with Gasteiger partial charge in [-0.15, -0.1) is 11.3 Å². The zero-order valence-corrected chi connectivity index (χ0v) is 10.7. The van der Waals surface area contributed by atoms with E-state index in [-0.39, 0.29) is 5.92 Å². The molecule has 0 aromatic carbocycles. The van der Waals surface area contributed by atoms with Crippen LogP contribution in [-0.4, -0.2) is 5.11 Å². The maximum absolute atomic E-state index is 9.86. The van der Waals surface area contributed by atoms with Crippen molar-refractivity contribution >= 4 is 38.9 Å². The second kappa shape index (κ2) is 4.78. The van der Waals surface area contributed by atoms with Crippen molar-refractivity contribution in [1.29, 1.82) is 0 Å². The van der Waals surface area contributed by atoms with Crippen molar-refractivity contribution in [3.05, 3.63) is 19.8 Å². The highest BCUT2D eigenvalue weighted by molar-refractivity contribution is 9.10. The van der Waals surface area contributed by atoms with Crippen LogP contribution in [-0.2, 0) is 0 Å². The van der Waals surface area contributed by atoms with Crippen LogP contribution in [0, 0.1) is 5.92 Å². The van der Waals surface area contributed by atoms with Gasteiger partial charge in [-0.2, -0.15) is 0 Å². The third kappa shape index (κ3) is 2.69. The van der Waals surface area contributed by atoms with Crippen LogP contribution >= 0.6 is 38.9 Å². The van der Waals surface area contributed by atoms with E-state index in [4.69, 9.17) is 11.6 Å². The number of hydrogen-bond acceptors (Lipinski definition) is 2. The van der Waals surface area contributed by atoms with E-state index >= 15 is 0 Å². The number of hydrogen-bond donors (Lipinski definition) is 1. The van der Waals surface area contributed by atoms with E-state index in [1.807, 2.05) is 13.0 Å². The Hall–Kier alpha value is 0.430. The summed E-state index contributed by atoms with van der Waals surface area (Å²) in [6.07, 6.45) is 0.577. The predicted molar refractivity (Wildman–Crippen MR) is 61.4 cm³/mol.